The van der Waals surface area contributed by atoms with Crippen LogP contribution in [0.15, 0.2) is 36.4 Å². The molecule has 0 amide bonds. The van der Waals surface area contributed by atoms with Crippen molar-refractivity contribution in [3.05, 3.63) is 64.2 Å². The molecule has 0 aromatic heterocycles. The Morgan fingerprint density at radius 2 is 1.65 bits per heavy atom. The van der Waals surface area contributed by atoms with Crippen LogP contribution < -0.4 is 10.5 Å². The third-order valence-electron chi connectivity index (χ3n) is 3.42. The second-order valence-electron chi connectivity index (χ2n) is 5.38. The maximum absolute atomic E-state index is 6.01. The predicted octanol–water partition coefficient (Wildman–Crippen LogP) is 3.69. The highest BCUT2D eigenvalue weighted by Crippen LogP contribution is 2.26. The Bertz CT molecular complexity index is 567. The third-order valence-corrected chi connectivity index (χ3v) is 3.42. The van der Waals surface area contributed by atoms with Gasteiger partial charge in [0.2, 0.25) is 0 Å². The minimum absolute atomic E-state index is 0.611. The molecule has 0 saturated carbocycles. The first-order chi connectivity index (χ1) is 9.60. The van der Waals surface area contributed by atoms with Gasteiger partial charge in [-0.1, -0.05) is 42.0 Å². The van der Waals surface area contributed by atoms with E-state index in [4.69, 9.17) is 10.5 Å². The highest BCUT2D eigenvalue weighted by molar-refractivity contribution is 5.43. The van der Waals surface area contributed by atoms with Gasteiger partial charge in [0.25, 0.3) is 0 Å². The molecule has 0 aliphatic heterocycles. The van der Waals surface area contributed by atoms with Gasteiger partial charge in [-0.2, -0.15) is 0 Å². The molecule has 2 N–H and O–H groups in total. The van der Waals surface area contributed by atoms with Crippen molar-refractivity contribution in [3.8, 4) is 5.75 Å². The Labute approximate surface area is 121 Å². The molecule has 0 saturated heterocycles. The standard InChI is InChI=1S/C18H23NO/c1-13-5-4-6-17(9-13)12-20-18-14(2)10-16(7-8-19)11-15(18)3/h4-6,9-11H,7-8,12,19H2,1-3H3. The molecule has 0 aliphatic carbocycles. The monoisotopic (exact) mass is 269 g/mol. The summed E-state index contributed by atoms with van der Waals surface area (Å²) in [7, 11) is 0. The van der Waals surface area contributed by atoms with Crippen molar-refractivity contribution in [1.82, 2.24) is 0 Å². The summed E-state index contributed by atoms with van der Waals surface area (Å²) in [6.07, 6.45) is 0.917. The van der Waals surface area contributed by atoms with Crippen LogP contribution in [0.2, 0.25) is 0 Å². The molecule has 2 aromatic rings. The average molecular weight is 269 g/mol. The topological polar surface area (TPSA) is 35.2 Å². The number of aryl methyl sites for hydroxylation is 3. The highest BCUT2D eigenvalue weighted by atomic mass is 16.5. The first-order valence-electron chi connectivity index (χ1n) is 7.08. The van der Waals surface area contributed by atoms with Crippen LogP contribution in [0.3, 0.4) is 0 Å². The highest BCUT2D eigenvalue weighted by Gasteiger charge is 2.07. The van der Waals surface area contributed by atoms with E-state index >= 15 is 0 Å². The summed E-state index contributed by atoms with van der Waals surface area (Å²) in [6, 6.07) is 12.8. The second-order valence-corrected chi connectivity index (χ2v) is 5.38. The van der Waals surface area contributed by atoms with E-state index in [9.17, 15) is 0 Å². The van der Waals surface area contributed by atoms with Gasteiger partial charge in [-0.25, -0.2) is 0 Å². The van der Waals surface area contributed by atoms with Gasteiger partial charge < -0.3 is 10.5 Å². The summed E-state index contributed by atoms with van der Waals surface area (Å²) in [5.74, 6) is 0.993. The molecule has 0 aliphatic rings. The lowest BCUT2D eigenvalue weighted by Gasteiger charge is -2.14. The summed E-state index contributed by atoms with van der Waals surface area (Å²) >= 11 is 0. The van der Waals surface area contributed by atoms with Crippen LogP contribution in [0.1, 0.15) is 27.8 Å². The smallest absolute Gasteiger partial charge is 0.125 e. The van der Waals surface area contributed by atoms with E-state index in [0.29, 0.717) is 13.2 Å². The number of benzene rings is 2. The SMILES string of the molecule is Cc1cccc(COc2c(C)cc(CCN)cc2C)c1. The molecule has 0 unspecified atom stereocenters. The van der Waals surface area contributed by atoms with E-state index in [2.05, 4.69) is 57.2 Å². The number of rotatable bonds is 5. The Morgan fingerprint density at radius 1 is 0.950 bits per heavy atom. The van der Waals surface area contributed by atoms with Crippen LogP contribution in [0.25, 0.3) is 0 Å². The Balaban J connectivity index is 2.13. The number of ether oxygens (including phenoxy) is 1. The zero-order chi connectivity index (χ0) is 14.5. The van der Waals surface area contributed by atoms with Crippen LogP contribution in [-0.4, -0.2) is 6.54 Å². The summed E-state index contributed by atoms with van der Waals surface area (Å²) < 4.78 is 6.01. The molecule has 2 rings (SSSR count). The minimum Gasteiger partial charge on any atom is -0.488 e. The quantitative estimate of drug-likeness (QED) is 0.898. The van der Waals surface area contributed by atoms with Gasteiger partial charge in [0, 0.05) is 0 Å². The molecule has 2 heteroatoms. The van der Waals surface area contributed by atoms with Crippen molar-refractivity contribution in [2.45, 2.75) is 33.8 Å². The van der Waals surface area contributed by atoms with Gasteiger partial charge >= 0.3 is 0 Å². The maximum atomic E-state index is 6.01. The van der Waals surface area contributed by atoms with Crippen LogP contribution >= 0.6 is 0 Å². The molecule has 0 spiro atoms. The van der Waals surface area contributed by atoms with E-state index in [0.717, 1.165) is 12.2 Å². The molecule has 106 valence electrons. The van der Waals surface area contributed by atoms with Gasteiger partial charge in [-0.3, -0.25) is 0 Å². The van der Waals surface area contributed by atoms with Crippen molar-refractivity contribution in [1.29, 1.82) is 0 Å². The van der Waals surface area contributed by atoms with E-state index < -0.39 is 0 Å². The molecular weight excluding hydrogens is 246 g/mol. The molecule has 2 nitrogen and oxygen atoms in total. The summed E-state index contributed by atoms with van der Waals surface area (Å²) in [6.45, 7) is 7.58. The van der Waals surface area contributed by atoms with Gasteiger partial charge in [0.05, 0.1) is 0 Å². The molecule has 2 aromatic carbocycles. The molecule has 0 atom stereocenters. The molecule has 0 radical (unpaired) electrons. The van der Waals surface area contributed by atoms with Gasteiger partial charge in [-0.05, 0) is 56.0 Å². The van der Waals surface area contributed by atoms with Gasteiger partial charge in [-0.15, -0.1) is 0 Å². The van der Waals surface area contributed by atoms with Crippen LogP contribution in [0.4, 0.5) is 0 Å². The molecule has 0 heterocycles. The molecular formula is C18H23NO. The Kier molecular flexibility index (Phi) is 4.80. The lowest BCUT2D eigenvalue weighted by molar-refractivity contribution is 0.302. The van der Waals surface area contributed by atoms with E-state index in [-0.39, 0.29) is 0 Å². The molecule has 20 heavy (non-hydrogen) atoms. The van der Waals surface area contributed by atoms with Gasteiger partial charge in [0.15, 0.2) is 0 Å². The third kappa shape index (κ3) is 3.61. The number of hydrogen-bond acceptors (Lipinski definition) is 2. The fourth-order valence-corrected chi connectivity index (χ4v) is 2.54. The van der Waals surface area contributed by atoms with Crippen molar-refractivity contribution in [2.75, 3.05) is 6.54 Å². The van der Waals surface area contributed by atoms with Crippen molar-refractivity contribution >= 4 is 0 Å². The van der Waals surface area contributed by atoms with E-state index in [1.807, 2.05) is 0 Å². The van der Waals surface area contributed by atoms with Crippen LogP contribution in [0, 0.1) is 20.8 Å². The first-order valence-corrected chi connectivity index (χ1v) is 7.08. The van der Waals surface area contributed by atoms with Crippen molar-refractivity contribution in [2.24, 2.45) is 5.73 Å². The summed E-state index contributed by atoms with van der Waals surface area (Å²) in [5, 5.41) is 0. The van der Waals surface area contributed by atoms with Crippen LogP contribution in [-0.2, 0) is 13.0 Å². The van der Waals surface area contributed by atoms with E-state index in [1.54, 1.807) is 0 Å². The average Bonchev–Trinajstić information content (AvgIpc) is 2.38. The van der Waals surface area contributed by atoms with Crippen LogP contribution in [0.5, 0.6) is 5.75 Å². The largest absolute Gasteiger partial charge is 0.488 e. The molecule has 0 fully saturated rings. The fraction of sp³-hybridized carbons (Fsp3) is 0.333. The number of hydrogen-bond donors (Lipinski definition) is 1. The Morgan fingerprint density at radius 3 is 2.25 bits per heavy atom. The summed E-state index contributed by atoms with van der Waals surface area (Å²) in [5.41, 5.74) is 11.7. The number of nitrogens with two attached hydrogens (primary N) is 1. The lowest BCUT2D eigenvalue weighted by atomic mass is 10.0. The van der Waals surface area contributed by atoms with Gasteiger partial charge in [0.1, 0.15) is 12.4 Å². The van der Waals surface area contributed by atoms with Crippen molar-refractivity contribution in [3.63, 3.8) is 0 Å². The first kappa shape index (κ1) is 14.6. The zero-order valence-electron chi connectivity index (χ0n) is 12.6. The lowest BCUT2D eigenvalue weighted by Crippen LogP contribution is -2.05. The molecule has 0 bridgehead atoms. The Hall–Kier alpha value is -1.80. The fourth-order valence-electron chi connectivity index (χ4n) is 2.54. The summed E-state index contributed by atoms with van der Waals surface area (Å²) in [4.78, 5) is 0. The maximum Gasteiger partial charge on any atom is 0.125 e. The zero-order valence-corrected chi connectivity index (χ0v) is 12.6. The van der Waals surface area contributed by atoms with E-state index in [1.165, 1.54) is 27.8 Å². The second kappa shape index (κ2) is 6.58. The van der Waals surface area contributed by atoms with Crippen molar-refractivity contribution < 1.29 is 4.74 Å². The predicted molar refractivity (Wildman–Crippen MR) is 84.2 cm³/mol. The minimum atomic E-state index is 0.611. The normalized spacial score (nSPS) is 10.6.